The lowest BCUT2D eigenvalue weighted by molar-refractivity contribution is -0.133. The molecule has 0 aromatic heterocycles. The Bertz CT molecular complexity index is 1070. The molecule has 2 fully saturated rings. The summed E-state index contributed by atoms with van der Waals surface area (Å²) in [5, 5.41) is 0. The molecular formula is C32H43N3O3. The molecule has 4 rings (SSSR count). The molecule has 0 atom stereocenters. The first-order chi connectivity index (χ1) is 18.5. The summed E-state index contributed by atoms with van der Waals surface area (Å²) >= 11 is 0. The highest BCUT2D eigenvalue weighted by molar-refractivity contribution is 5.94. The average Bonchev–Trinajstić information content (AvgIpc) is 3.48. The molecule has 0 unspecified atom stereocenters. The van der Waals surface area contributed by atoms with Crippen LogP contribution in [0.1, 0.15) is 60.0 Å². The van der Waals surface area contributed by atoms with E-state index in [1.165, 1.54) is 25.7 Å². The highest BCUT2D eigenvalue weighted by Gasteiger charge is 2.24. The third-order valence-electron chi connectivity index (χ3n) is 8.00. The van der Waals surface area contributed by atoms with Crippen LogP contribution in [0.3, 0.4) is 0 Å². The van der Waals surface area contributed by atoms with Crippen LogP contribution in [0.2, 0.25) is 0 Å². The van der Waals surface area contributed by atoms with Crippen molar-refractivity contribution in [2.45, 2.75) is 45.4 Å². The molecule has 0 spiro atoms. The summed E-state index contributed by atoms with van der Waals surface area (Å²) in [7, 11) is 1.67. The molecule has 0 bridgehead atoms. The Hall–Kier alpha value is -3.12. The normalized spacial score (nSPS) is 16.7. The molecule has 204 valence electrons. The van der Waals surface area contributed by atoms with Gasteiger partial charge in [-0.2, -0.15) is 0 Å². The lowest BCUT2D eigenvalue weighted by atomic mass is 10.0. The van der Waals surface area contributed by atoms with Gasteiger partial charge in [-0.05, 0) is 37.5 Å². The molecule has 2 aromatic carbocycles. The molecule has 6 heteroatoms. The van der Waals surface area contributed by atoms with Crippen LogP contribution in [0.4, 0.5) is 0 Å². The predicted molar refractivity (Wildman–Crippen MR) is 153 cm³/mol. The van der Waals surface area contributed by atoms with Gasteiger partial charge < -0.3 is 14.5 Å². The van der Waals surface area contributed by atoms with Crippen molar-refractivity contribution >= 4 is 17.9 Å². The Morgan fingerprint density at radius 3 is 2.42 bits per heavy atom. The molecular weight excluding hydrogens is 474 g/mol. The van der Waals surface area contributed by atoms with Crippen molar-refractivity contribution in [3.8, 4) is 5.75 Å². The van der Waals surface area contributed by atoms with Gasteiger partial charge in [-0.3, -0.25) is 14.5 Å². The summed E-state index contributed by atoms with van der Waals surface area (Å²) in [6, 6.07) is 15.7. The van der Waals surface area contributed by atoms with E-state index in [0.717, 1.165) is 61.9 Å². The Morgan fingerprint density at radius 2 is 1.71 bits per heavy atom. The molecule has 0 radical (unpaired) electrons. The zero-order valence-electron chi connectivity index (χ0n) is 23.1. The van der Waals surface area contributed by atoms with E-state index < -0.39 is 0 Å². The van der Waals surface area contributed by atoms with E-state index in [9.17, 15) is 9.59 Å². The average molecular weight is 518 g/mol. The van der Waals surface area contributed by atoms with E-state index >= 15 is 0 Å². The van der Waals surface area contributed by atoms with E-state index in [-0.39, 0.29) is 5.91 Å². The topological polar surface area (TPSA) is 53.1 Å². The first-order valence-corrected chi connectivity index (χ1v) is 14.2. The van der Waals surface area contributed by atoms with Crippen molar-refractivity contribution in [2.24, 2.45) is 5.92 Å². The van der Waals surface area contributed by atoms with Gasteiger partial charge >= 0.3 is 0 Å². The largest absolute Gasteiger partial charge is 0.496 e. The van der Waals surface area contributed by atoms with E-state index in [4.69, 9.17) is 4.74 Å². The van der Waals surface area contributed by atoms with Crippen molar-refractivity contribution in [1.29, 1.82) is 0 Å². The summed E-state index contributed by atoms with van der Waals surface area (Å²) in [5.74, 6) is 1.93. The molecule has 2 aromatic rings. The van der Waals surface area contributed by atoms with Crippen LogP contribution < -0.4 is 4.74 Å². The fraction of sp³-hybridized carbons (Fsp3) is 0.500. The number of carbonyl (C=O) groups is 2. The van der Waals surface area contributed by atoms with E-state index in [0.29, 0.717) is 31.0 Å². The molecule has 1 aliphatic carbocycles. The van der Waals surface area contributed by atoms with Gasteiger partial charge in [0, 0.05) is 63.4 Å². The van der Waals surface area contributed by atoms with Gasteiger partial charge in [-0.25, -0.2) is 0 Å². The second kappa shape index (κ2) is 14.1. The molecule has 1 saturated carbocycles. The number of hydrogen-bond acceptors (Lipinski definition) is 4. The molecule has 1 heterocycles. The molecule has 0 N–H and O–H groups in total. The molecule has 38 heavy (non-hydrogen) atoms. The maximum Gasteiger partial charge on any atom is 0.254 e. The number of methoxy groups -OCH3 is 1. The number of hydrogen-bond donors (Lipinski definition) is 0. The number of benzene rings is 2. The lowest BCUT2D eigenvalue weighted by Crippen LogP contribution is -2.50. The van der Waals surface area contributed by atoms with E-state index in [2.05, 4.69) is 4.90 Å². The minimum atomic E-state index is 0.0374. The first kappa shape index (κ1) is 27.9. The number of piperazine rings is 1. The third kappa shape index (κ3) is 7.94. The molecule has 1 aliphatic heterocycles. The van der Waals surface area contributed by atoms with Crippen molar-refractivity contribution in [2.75, 3.05) is 52.9 Å². The number of aryl methyl sites for hydroxylation is 1. The van der Waals surface area contributed by atoms with Crippen LogP contribution in [-0.4, -0.2) is 79.4 Å². The number of amides is 2. The van der Waals surface area contributed by atoms with E-state index in [1.807, 2.05) is 77.4 Å². The number of rotatable bonds is 11. The highest BCUT2D eigenvalue weighted by Crippen LogP contribution is 2.28. The smallest absolute Gasteiger partial charge is 0.254 e. The third-order valence-corrected chi connectivity index (χ3v) is 8.00. The van der Waals surface area contributed by atoms with Crippen LogP contribution in [0.25, 0.3) is 6.08 Å². The lowest BCUT2D eigenvalue weighted by Gasteiger charge is -2.36. The van der Waals surface area contributed by atoms with E-state index in [1.54, 1.807) is 7.11 Å². The quantitative estimate of drug-likeness (QED) is 0.407. The summed E-state index contributed by atoms with van der Waals surface area (Å²) in [5.41, 5.74) is 2.84. The van der Waals surface area contributed by atoms with Gasteiger partial charge in [0.05, 0.1) is 7.11 Å². The maximum absolute atomic E-state index is 13.4. The number of ether oxygens (including phenoxy) is 1. The van der Waals surface area contributed by atoms with Crippen molar-refractivity contribution in [1.82, 2.24) is 14.7 Å². The Balaban J connectivity index is 1.31. The molecule has 2 aliphatic rings. The summed E-state index contributed by atoms with van der Waals surface area (Å²) in [6.07, 6.45) is 11.1. The van der Waals surface area contributed by atoms with Crippen LogP contribution in [0.5, 0.6) is 5.75 Å². The van der Waals surface area contributed by atoms with Crippen LogP contribution >= 0.6 is 0 Å². The zero-order valence-corrected chi connectivity index (χ0v) is 23.1. The number of para-hydroxylation sites is 1. The zero-order chi connectivity index (χ0) is 26.7. The number of nitrogens with zero attached hydrogens (tertiary/aromatic N) is 3. The molecule has 6 nitrogen and oxygen atoms in total. The van der Waals surface area contributed by atoms with Crippen LogP contribution in [-0.2, 0) is 4.79 Å². The Morgan fingerprint density at radius 1 is 1.00 bits per heavy atom. The monoisotopic (exact) mass is 517 g/mol. The van der Waals surface area contributed by atoms with Gasteiger partial charge in [0.2, 0.25) is 5.91 Å². The predicted octanol–water partition coefficient (Wildman–Crippen LogP) is 5.27. The highest BCUT2D eigenvalue weighted by atomic mass is 16.5. The Kier molecular flexibility index (Phi) is 10.4. The van der Waals surface area contributed by atoms with Gasteiger partial charge in [0.1, 0.15) is 5.75 Å². The summed E-state index contributed by atoms with van der Waals surface area (Å²) < 4.78 is 5.46. The van der Waals surface area contributed by atoms with Crippen molar-refractivity contribution in [3.63, 3.8) is 0 Å². The summed E-state index contributed by atoms with van der Waals surface area (Å²) in [4.78, 5) is 32.5. The number of carbonyl (C=O) groups excluding carboxylic acids is 2. The van der Waals surface area contributed by atoms with Gasteiger partial charge in [-0.15, -0.1) is 0 Å². The molecule has 2 amide bonds. The van der Waals surface area contributed by atoms with Crippen LogP contribution in [0.15, 0.2) is 54.6 Å². The minimum Gasteiger partial charge on any atom is -0.496 e. The second-order valence-electron chi connectivity index (χ2n) is 10.7. The summed E-state index contributed by atoms with van der Waals surface area (Å²) in [6.45, 7) is 7.26. The SMILES string of the molecule is COc1ccccc1C=CCN(CCN1CCN(C(=O)CCC2CCCC2)CC1)C(=O)c1ccc(C)cc1. The maximum atomic E-state index is 13.4. The van der Waals surface area contributed by atoms with Gasteiger partial charge in [0.25, 0.3) is 5.91 Å². The van der Waals surface area contributed by atoms with Gasteiger partial charge in [-0.1, -0.05) is 73.7 Å². The van der Waals surface area contributed by atoms with Crippen molar-refractivity contribution in [3.05, 3.63) is 71.3 Å². The Labute approximate surface area is 228 Å². The van der Waals surface area contributed by atoms with Crippen LogP contribution in [0, 0.1) is 12.8 Å². The fourth-order valence-electron chi connectivity index (χ4n) is 5.53. The minimum absolute atomic E-state index is 0.0374. The fourth-order valence-corrected chi connectivity index (χ4v) is 5.53. The first-order valence-electron chi connectivity index (χ1n) is 14.2. The molecule has 1 saturated heterocycles. The second-order valence-corrected chi connectivity index (χ2v) is 10.7. The standard InChI is InChI=1S/C32H43N3O3/c1-26-13-16-29(17-14-26)32(37)35(19-7-11-28-10-5-6-12-30(28)38-2)25-22-33-20-23-34(24-21-33)31(36)18-15-27-8-3-4-9-27/h5-7,10-14,16-17,27H,3-4,8-9,15,18-25H2,1-2H3. The van der Waals surface area contributed by atoms with Crippen molar-refractivity contribution < 1.29 is 14.3 Å². The van der Waals surface area contributed by atoms with Gasteiger partial charge in [0.15, 0.2) is 0 Å².